The molecule has 4 aliphatic rings. The Balaban J connectivity index is 1.48. The van der Waals surface area contributed by atoms with Crippen LogP contribution in [0.5, 0.6) is 0 Å². The maximum Gasteiger partial charge on any atom is 0.241 e. The first-order valence-electron chi connectivity index (χ1n) is 12.0. The van der Waals surface area contributed by atoms with Crippen LogP contribution in [0.3, 0.4) is 0 Å². The van der Waals surface area contributed by atoms with Crippen LogP contribution in [0.25, 0.3) is 0 Å². The van der Waals surface area contributed by atoms with E-state index in [-0.39, 0.29) is 0 Å². The van der Waals surface area contributed by atoms with Gasteiger partial charge in [-0.25, -0.2) is 0 Å². The summed E-state index contributed by atoms with van der Waals surface area (Å²) in [6.07, 6.45) is 14.1. The highest BCUT2D eigenvalue weighted by atomic mass is 28.4. The number of fused-ring (bicyclic) bond motifs is 5. The maximum absolute atomic E-state index is 6.73. The molecule has 0 bridgehead atoms. The van der Waals surface area contributed by atoms with E-state index >= 15 is 0 Å². The molecule has 2 nitrogen and oxygen atoms in total. The number of hydrogen-bond acceptors (Lipinski definition) is 2. The molecule has 4 unspecified atom stereocenters. The molecule has 0 aromatic heterocycles. The Hall–Kier alpha value is -0.0662. The van der Waals surface area contributed by atoms with Crippen LogP contribution in [0.15, 0.2) is 11.8 Å². The van der Waals surface area contributed by atoms with Crippen molar-refractivity contribution in [3.05, 3.63) is 11.8 Å². The molecule has 4 heteroatoms. The predicted octanol–water partition coefficient (Wildman–Crippen LogP) is 7.20. The van der Waals surface area contributed by atoms with E-state index in [4.69, 9.17) is 8.85 Å². The highest BCUT2D eigenvalue weighted by Crippen LogP contribution is 2.63. The molecule has 7 atom stereocenters. The quantitative estimate of drug-likeness (QED) is 0.447. The molecule has 28 heavy (non-hydrogen) atoms. The van der Waals surface area contributed by atoms with Crippen LogP contribution in [0.4, 0.5) is 0 Å². The van der Waals surface area contributed by atoms with Gasteiger partial charge in [-0.15, -0.1) is 0 Å². The van der Waals surface area contributed by atoms with Gasteiger partial charge in [0.05, 0.1) is 11.9 Å². The van der Waals surface area contributed by atoms with E-state index in [2.05, 4.69) is 52.3 Å². The SMILES string of the molecule is C[C@]12CCC3C(CC[C@H]4C=C(O[Si](C)(C)C)CCC34)C1CC[C@@H]2O[Si](C)(C)C. The van der Waals surface area contributed by atoms with E-state index in [0.29, 0.717) is 11.5 Å². The van der Waals surface area contributed by atoms with E-state index < -0.39 is 16.6 Å². The van der Waals surface area contributed by atoms with Gasteiger partial charge in [-0.1, -0.05) is 6.92 Å². The molecule has 160 valence electrons. The van der Waals surface area contributed by atoms with Gasteiger partial charge in [0.2, 0.25) is 8.32 Å². The second-order valence-electron chi connectivity index (χ2n) is 12.6. The minimum Gasteiger partial charge on any atom is -0.548 e. The van der Waals surface area contributed by atoms with Crippen LogP contribution in [-0.4, -0.2) is 22.7 Å². The average molecular weight is 421 g/mol. The molecule has 0 N–H and O–H groups in total. The van der Waals surface area contributed by atoms with Crippen molar-refractivity contribution in [2.75, 3.05) is 0 Å². The number of hydrogen-bond donors (Lipinski definition) is 0. The molecule has 4 rings (SSSR count). The molecule has 0 radical (unpaired) electrons. The van der Waals surface area contributed by atoms with Crippen LogP contribution in [0.1, 0.15) is 58.3 Å². The van der Waals surface area contributed by atoms with Crippen molar-refractivity contribution in [2.24, 2.45) is 35.0 Å². The smallest absolute Gasteiger partial charge is 0.241 e. The maximum atomic E-state index is 6.73. The predicted molar refractivity (Wildman–Crippen MR) is 123 cm³/mol. The van der Waals surface area contributed by atoms with Gasteiger partial charge in [-0.2, -0.15) is 0 Å². The summed E-state index contributed by atoms with van der Waals surface area (Å²) >= 11 is 0. The minimum absolute atomic E-state index is 0.449. The van der Waals surface area contributed by atoms with Gasteiger partial charge in [-0.3, -0.25) is 0 Å². The summed E-state index contributed by atoms with van der Waals surface area (Å²) in [7, 11) is -2.93. The highest BCUT2D eigenvalue weighted by molar-refractivity contribution is 6.70. The fraction of sp³-hybridized carbons (Fsp3) is 0.917. The van der Waals surface area contributed by atoms with Crippen molar-refractivity contribution >= 4 is 16.6 Å². The monoisotopic (exact) mass is 420 g/mol. The van der Waals surface area contributed by atoms with Gasteiger partial charge in [-0.05, 0) is 125 Å². The molecular weight excluding hydrogens is 376 g/mol. The molecule has 0 amide bonds. The molecule has 0 saturated heterocycles. The standard InChI is InChI=1S/C24H44O2Si2/c1-24-15-14-20-19-11-9-18(25-27(2,3)4)16-17(19)8-10-21(20)22(24)12-13-23(24)26-28(5,6)7/h16-17,19-23H,8-15H2,1-7H3/t17-,19?,20?,21?,22?,23-,24-/m0/s1. The summed E-state index contributed by atoms with van der Waals surface area (Å²) < 4.78 is 13.1. The van der Waals surface area contributed by atoms with Crippen molar-refractivity contribution < 1.29 is 8.85 Å². The van der Waals surface area contributed by atoms with E-state index in [1.54, 1.807) is 0 Å². The van der Waals surface area contributed by atoms with Gasteiger partial charge in [0.15, 0.2) is 8.32 Å². The third-order valence-corrected chi connectivity index (χ3v) is 10.3. The lowest BCUT2D eigenvalue weighted by molar-refractivity contribution is -0.0674. The Morgan fingerprint density at radius 3 is 2.25 bits per heavy atom. The van der Waals surface area contributed by atoms with Gasteiger partial charge in [0, 0.05) is 6.42 Å². The normalized spacial score (nSPS) is 43.6. The van der Waals surface area contributed by atoms with E-state index in [0.717, 1.165) is 29.6 Å². The second-order valence-corrected chi connectivity index (χ2v) is 21.5. The first-order valence-corrected chi connectivity index (χ1v) is 18.9. The fourth-order valence-corrected chi connectivity index (χ4v) is 9.69. The Kier molecular flexibility index (Phi) is 5.49. The largest absolute Gasteiger partial charge is 0.548 e. The molecule has 0 heterocycles. The van der Waals surface area contributed by atoms with E-state index in [1.165, 1.54) is 57.1 Å². The van der Waals surface area contributed by atoms with Crippen LogP contribution in [0.2, 0.25) is 39.3 Å². The third kappa shape index (κ3) is 4.07. The van der Waals surface area contributed by atoms with Gasteiger partial charge < -0.3 is 8.85 Å². The summed E-state index contributed by atoms with van der Waals surface area (Å²) in [6.45, 7) is 16.7. The number of allylic oxidation sites excluding steroid dienone is 2. The summed E-state index contributed by atoms with van der Waals surface area (Å²) in [5.41, 5.74) is 0.449. The summed E-state index contributed by atoms with van der Waals surface area (Å²) in [4.78, 5) is 0. The Morgan fingerprint density at radius 2 is 1.57 bits per heavy atom. The van der Waals surface area contributed by atoms with Crippen molar-refractivity contribution in [3.63, 3.8) is 0 Å². The number of rotatable bonds is 4. The average Bonchev–Trinajstić information content (AvgIpc) is 2.88. The van der Waals surface area contributed by atoms with Crippen LogP contribution < -0.4 is 0 Å². The molecular formula is C24H44O2Si2. The molecule has 4 aliphatic carbocycles. The summed E-state index contributed by atoms with van der Waals surface area (Å²) in [5.74, 6) is 5.90. The fourth-order valence-electron chi connectivity index (χ4n) is 7.50. The lowest BCUT2D eigenvalue weighted by Gasteiger charge is -2.55. The highest BCUT2D eigenvalue weighted by Gasteiger charge is 2.57. The lowest BCUT2D eigenvalue weighted by Crippen LogP contribution is -2.50. The topological polar surface area (TPSA) is 18.5 Å². The zero-order valence-corrected chi connectivity index (χ0v) is 21.5. The summed E-state index contributed by atoms with van der Waals surface area (Å²) in [5, 5.41) is 0. The summed E-state index contributed by atoms with van der Waals surface area (Å²) in [6, 6.07) is 0. The molecule has 3 fully saturated rings. The lowest BCUT2D eigenvalue weighted by atomic mass is 9.51. The minimum atomic E-state index is -1.47. The zero-order valence-electron chi connectivity index (χ0n) is 19.5. The Morgan fingerprint density at radius 1 is 0.821 bits per heavy atom. The van der Waals surface area contributed by atoms with E-state index in [1.807, 2.05) is 0 Å². The molecule has 0 aromatic carbocycles. The van der Waals surface area contributed by atoms with E-state index in [9.17, 15) is 0 Å². The molecule has 0 aliphatic heterocycles. The molecule has 3 saturated carbocycles. The Bertz CT molecular complexity index is 617. The first-order chi connectivity index (χ1) is 13.0. The van der Waals surface area contributed by atoms with Crippen molar-refractivity contribution in [2.45, 2.75) is 104 Å². The van der Waals surface area contributed by atoms with Gasteiger partial charge >= 0.3 is 0 Å². The Labute approximate surface area is 176 Å². The third-order valence-electron chi connectivity index (χ3n) is 8.40. The molecule has 0 spiro atoms. The second kappa shape index (κ2) is 7.27. The first kappa shape index (κ1) is 21.2. The molecule has 0 aromatic rings. The van der Waals surface area contributed by atoms with Crippen LogP contribution >= 0.6 is 0 Å². The van der Waals surface area contributed by atoms with Crippen molar-refractivity contribution in [1.82, 2.24) is 0 Å². The zero-order chi connectivity index (χ0) is 20.3. The van der Waals surface area contributed by atoms with Crippen molar-refractivity contribution in [3.8, 4) is 0 Å². The van der Waals surface area contributed by atoms with Gasteiger partial charge in [0.1, 0.15) is 0 Å². The van der Waals surface area contributed by atoms with Crippen LogP contribution in [-0.2, 0) is 8.85 Å². The van der Waals surface area contributed by atoms with Crippen molar-refractivity contribution in [1.29, 1.82) is 0 Å². The van der Waals surface area contributed by atoms with Gasteiger partial charge in [0.25, 0.3) is 0 Å². The van der Waals surface area contributed by atoms with Crippen LogP contribution in [0, 0.1) is 35.0 Å².